The highest BCUT2D eigenvalue weighted by molar-refractivity contribution is 6.05. The van der Waals surface area contributed by atoms with Crippen molar-refractivity contribution in [2.45, 2.75) is 6.92 Å². The molecule has 0 saturated heterocycles. The Morgan fingerprint density at radius 1 is 1.09 bits per heavy atom. The molecule has 0 aliphatic carbocycles. The van der Waals surface area contributed by atoms with Crippen molar-refractivity contribution < 1.29 is 14.0 Å². The normalized spacial score (nSPS) is 10.2. The third-order valence-electron chi connectivity index (χ3n) is 3.26. The lowest BCUT2D eigenvalue weighted by Gasteiger charge is -2.11. The molecule has 0 aliphatic heterocycles. The summed E-state index contributed by atoms with van der Waals surface area (Å²) in [4.78, 5) is 24.1. The summed E-state index contributed by atoms with van der Waals surface area (Å²) in [5.41, 5.74) is 7.27. The average Bonchev–Trinajstić information content (AvgIpc) is 2.54. The number of amides is 2. The molecular formula is C17H18FN3O2. The summed E-state index contributed by atoms with van der Waals surface area (Å²) in [6, 6.07) is 10.4. The Bertz CT molecular complexity index is 732. The van der Waals surface area contributed by atoms with E-state index in [1.54, 1.807) is 18.2 Å². The van der Waals surface area contributed by atoms with Crippen LogP contribution < -0.4 is 16.4 Å². The van der Waals surface area contributed by atoms with Gasteiger partial charge >= 0.3 is 0 Å². The van der Waals surface area contributed by atoms with Gasteiger partial charge in [-0.3, -0.25) is 9.59 Å². The number of rotatable bonds is 5. The van der Waals surface area contributed by atoms with Gasteiger partial charge in [-0.15, -0.1) is 0 Å². The highest BCUT2D eigenvalue weighted by Gasteiger charge is 2.11. The number of halogens is 1. The van der Waals surface area contributed by atoms with Crippen LogP contribution in [0, 0.1) is 12.7 Å². The van der Waals surface area contributed by atoms with Crippen LogP contribution in [0.5, 0.6) is 0 Å². The molecule has 2 rings (SSSR count). The largest absolute Gasteiger partial charge is 0.351 e. The molecule has 0 fully saturated rings. The van der Waals surface area contributed by atoms with Crippen molar-refractivity contribution in [3.63, 3.8) is 0 Å². The number of nitrogens with one attached hydrogen (secondary N) is 2. The first-order valence-corrected chi connectivity index (χ1v) is 7.17. The van der Waals surface area contributed by atoms with Crippen LogP contribution in [0.15, 0.2) is 42.5 Å². The number of nitrogens with two attached hydrogens (primary N) is 1. The molecule has 0 aliphatic rings. The van der Waals surface area contributed by atoms with Gasteiger partial charge in [0.1, 0.15) is 5.82 Å². The minimum absolute atomic E-state index is 0.211. The van der Waals surface area contributed by atoms with Gasteiger partial charge in [-0.05, 0) is 42.8 Å². The molecule has 0 heterocycles. The maximum absolute atomic E-state index is 13.2. The van der Waals surface area contributed by atoms with Gasteiger partial charge in [0.05, 0.1) is 0 Å². The maximum Gasteiger partial charge on any atom is 0.255 e. The molecule has 0 spiro atoms. The predicted octanol–water partition coefficient (Wildman–Crippen LogP) is 2.07. The molecule has 6 heteroatoms. The van der Waals surface area contributed by atoms with Crippen molar-refractivity contribution in [3.05, 3.63) is 65.0 Å². The second-order valence-electron chi connectivity index (χ2n) is 5.04. The van der Waals surface area contributed by atoms with Crippen LogP contribution in [0.2, 0.25) is 0 Å². The van der Waals surface area contributed by atoms with E-state index in [0.29, 0.717) is 24.3 Å². The smallest absolute Gasteiger partial charge is 0.255 e. The molecule has 2 aromatic carbocycles. The lowest BCUT2D eigenvalue weighted by Crippen LogP contribution is -2.29. The quantitative estimate of drug-likeness (QED) is 0.790. The molecule has 0 saturated carbocycles. The zero-order valence-corrected chi connectivity index (χ0v) is 12.7. The van der Waals surface area contributed by atoms with Gasteiger partial charge in [0, 0.05) is 29.9 Å². The summed E-state index contributed by atoms with van der Waals surface area (Å²) in [6.07, 6.45) is 0. The van der Waals surface area contributed by atoms with E-state index in [9.17, 15) is 14.0 Å². The summed E-state index contributed by atoms with van der Waals surface area (Å²) >= 11 is 0. The van der Waals surface area contributed by atoms with Crippen LogP contribution >= 0.6 is 0 Å². The molecule has 4 N–H and O–H groups in total. The molecule has 0 unspecified atom stereocenters. The van der Waals surface area contributed by atoms with Gasteiger partial charge < -0.3 is 16.4 Å². The number of hydrogen-bond acceptors (Lipinski definition) is 3. The van der Waals surface area contributed by atoms with E-state index in [2.05, 4.69) is 10.6 Å². The molecule has 0 bridgehead atoms. The molecule has 2 amide bonds. The second kappa shape index (κ2) is 7.51. The van der Waals surface area contributed by atoms with Crippen LogP contribution in [0.1, 0.15) is 26.3 Å². The first-order chi connectivity index (χ1) is 11.0. The Morgan fingerprint density at radius 3 is 2.52 bits per heavy atom. The van der Waals surface area contributed by atoms with E-state index in [1.807, 2.05) is 6.92 Å². The molecule has 2 aromatic rings. The van der Waals surface area contributed by atoms with E-state index in [-0.39, 0.29) is 11.5 Å². The van der Waals surface area contributed by atoms with Crippen LogP contribution in [0.3, 0.4) is 0 Å². The highest BCUT2D eigenvalue weighted by Crippen LogP contribution is 2.18. The number of hydrogen-bond donors (Lipinski definition) is 3. The number of benzene rings is 2. The fourth-order valence-electron chi connectivity index (χ4n) is 2.01. The van der Waals surface area contributed by atoms with E-state index < -0.39 is 11.7 Å². The third-order valence-corrected chi connectivity index (χ3v) is 3.26. The van der Waals surface area contributed by atoms with Crippen molar-refractivity contribution >= 4 is 17.5 Å². The number of aryl methyl sites for hydroxylation is 1. The number of carbonyl (C=O) groups excluding carboxylic acids is 2. The van der Waals surface area contributed by atoms with E-state index in [4.69, 9.17) is 5.73 Å². The van der Waals surface area contributed by atoms with E-state index in [0.717, 1.165) is 11.6 Å². The molecule has 23 heavy (non-hydrogen) atoms. The van der Waals surface area contributed by atoms with Gasteiger partial charge in [-0.25, -0.2) is 4.39 Å². The van der Waals surface area contributed by atoms with Crippen LogP contribution in [-0.2, 0) is 0 Å². The number of carbonyl (C=O) groups is 2. The molecule has 120 valence electrons. The van der Waals surface area contributed by atoms with Crippen molar-refractivity contribution in [2.75, 3.05) is 18.4 Å². The van der Waals surface area contributed by atoms with Gasteiger partial charge in [-0.2, -0.15) is 0 Å². The van der Waals surface area contributed by atoms with Crippen molar-refractivity contribution in [1.29, 1.82) is 0 Å². The zero-order chi connectivity index (χ0) is 16.8. The van der Waals surface area contributed by atoms with Gasteiger partial charge in [0.2, 0.25) is 0 Å². The SMILES string of the molecule is Cc1ccc(C(=O)NCCN)cc1NC(=O)c1cccc(F)c1. The lowest BCUT2D eigenvalue weighted by molar-refractivity contribution is 0.0953. The average molecular weight is 315 g/mol. The second-order valence-corrected chi connectivity index (χ2v) is 5.04. The third kappa shape index (κ3) is 4.37. The fourth-order valence-corrected chi connectivity index (χ4v) is 2.01. The Balaban J connectivity index is 2.19. The van der Waals surface area contributed by atoms with Gasteiger partial charge in [0.25, 0.3) is 11.8 Å². The van der Waals surface area contributed by atoms with Crippen LogP contribution in [0.4, 0.5) is 10.1 Å². The van der Waals surface area contributed by atoms with E-state index in [1.165, 1.54) is 18.2 Å². The van der Waals surface area contributed by atoms with Crippen LogP contribution in [0.25, 0.3) is 0 Å². The molecule has 5 nitrogen and oxygen atoms in total. The van der Waals surface area contributed by atoms with Crippen LogP contribution in [-0.4, -0.2) is 24.9 Å². The topological polar surface area (TPSA) is 84.2 Å². The highest BCUT2D eigenvalue weighted by atomic mass is 19.1. The fraction of sp³-hybridized carbons (Fsp3) is 0.176. The maximum atomic E-state index is 13.2. The number of anilines is 1. The Morgan fingerprint density at radius 2 is 1.83 bits per heavy atom. The minimum atomic E-state index is -0.482. The molecule has 0 radical (unpaired) electrons. The lowest BCUT2D eigenvalue weighted by atomic mass is 10.1. The Labute approximate surface area is 133 Å². The first kappa shape index (κ1) is 16.6. The summed E-state index contributed by atoms with van der Waals surface area (Å²) < 4.78 is 13.2. The summed E-state index contributed by atoms with van der Waals surface area (Å²) in [5, 5.41) is 5.36. The Hall–Kier alpha value is -2.73. The Kier molecular flexibility index (Phi) is 5.43. The standard InChI is InChI=1S/C17H18FN3O2/c1-11-5-6-13(16(22)20-8-7-19)10-15(11)21-17(23)12-3-2-4-14(18)9-12/h2-6,9-10H,7-8,19H2,1H3,(H,20,22)(H,21,23). The monoisotopic (exact) mass is 315 g/mol. The molecule has 0 aromatic heterocycles. The van der Waals surface area contributed by atoms with Crippen molar-refractivity contribution in [2.24, 2.45) is 5.73 Å². The summed E-state index contributed by atoms with van der Waals surface area (Å²) in [6.45, 7) is 2.53. The zero-order valence-electron chi connectivity index (χ0n) is 12.7. The van der Waals surface area contributed by atoms with Crippen molar-refractivity contribution in [1.82, 2.24) is 5.32 Å². The van der Waals surface area contributed by atoms with Crippen molar-refractivity contribution in [3.8, 4) is 0 Å². The predicted molar refractivity (Wildman–Crippen MR) is 86.9 cm³/mol. The van der Waals surface area contributed by atoms with Gasteiger partial charge in [-0.1, -0.05) is 12.1 Å². The van der Waals surface area contributed by atoms with Gasteiger partial charge in [0.15, 0.2) is 0 Å². The first-order valence-electron chi connectivity index (χ1n) is 7.17. The molecule has 0 atom stereocenters. The summed E-state index contributed by atoms with van der Waals surface area (Å²) in [7, 11) is 0. The van der Waals surface area contributed by atoms with E-state index >= 15 is 0 Å². The summed E-state index contributed by atoms with van der Waals surface area (Å²) in [5.74, 6) is -1.19. The minimum Gasteiger partial charge on any atom is -0.351 e. The molecular weight excluding hydrogens is 297 g/mol.